The lowest BCUT2D eigenvalue weighted by molar-refractivity contribution is -0.0943. The summed E-state index contributed by atoms with van der Waals surface area (Å²) in [6, 6.07) is 8.42. The molecule has 1 aromatic rings. The average molecular weight is 510 g/mol. The molecule has 1 amide bonds. The molecule has 35 heavy (non-hydrogen) atoms. The summed E-state index contributed by atoms with van der Waals surface area (Å²) in [5.74, 6) is -0.462. The van der Waals surface area contributed by atoms with Crippen molar-refractivity contribution in [1.82, 2.24) is 4.90 Å². The second-order valence-corrected chi connectivity index (χ2v) is 12.7. The Morgan fingerprint density at radius 2 is 1.89 bits per heavy atom. The van der Waals surface area contributed by atoms with Gasteiger partial charge < -0.3 is 18.9 Å². The highest BCUT2D eigenvalue weighted by Gasteiger charge is 2.50. The number of carbonyl (C=O) groups excluding carboxylic acids is 1. The van der Waals surface area contributed by atoms with E-state index in [1.54, 1.807) is 48.4 Å². The van der Waals surface area contributed by atoms with Crippen molar-refractivity contribution in [2.75, 3.05) is 19.4 Å². The zero-order valence-electron chi connectivity index (χ0n) is 21.6. The Morgan fingerprint density at radius 1 is 1.23 bits per heavy atom. The first kappa shape index (κ1) is 27.6. The maximum atomic E-state index is 13.1. The van der Waals surface area contributed by atoms with Crippen molar-refractivity contribution in [3.8, 4) is 0 Å². The molecule has 2 heterocycles. The minimum atomic E-state index is -3.54. The van der Waals surface area contributed by atoms with Gasteiger partial charge in [0.2, 0.25) is 0 Å². The van der Waals surface area contributed by atoms with Crippen LogP contribution in [0.1, 0.15) is 47.5 Å². The van der Waals surface area contributed by atoms with Crippen LogP contribution in [0.15, 0.2) is 47.9 Å². The van der Waals surface area contributed by atoms with Crippen molar-refractivity contribution in [1.29, 1.82) is 0 Å². The van der Waals surface area contributed by atoms with E-state index < -0.39 is 33.4 Å². The van der Waals surface area contributed by atoms with Gasteiger partial charge in [-0.3, -0.25) is 4.90 Å². The van der Waals surface area contributed by atoms with Crippen molar-refractivity contribution >= 4 is 15.9 Å². The Hall–Kier alpha value is -1.94. The van der Waals surface area contributed by atoms with Gasteiger partial charge in [-0.1, -0.05) is 24.3 Å². The summed E-state index contributed by atoms with van der Waals surface area (Å²) >= 11 is 0. The van der Waals surface area contributed by atoms with Gasteiger partial charge in [-0.25, -0.2) is 13.2 Å². The van der Waals surface area contributed by atoms with Crippen LogP contribution >= 0.6 is 0 Å². The van der Waals surface area contributed by atoms with E-state index in [1.165, 1.54) is 0 Å². The number of benzene rings is 1. The van der Waals surface area contributed by atoms with Crippen LogP contribution < -0.4 is 0 Å². The van der Waals surface area contributed by atoms with E-state index >= 15 is 0 Å². The molecule has 0 unspecified atom stereocenters. The maximum Gasteiger partial charge on any atom is 0.412 e. The third-order valence-electron chi connectivity index (χ3n) is 6.40. The smallest absolute Gasteiger partial charge is 0.412 e. The molecule has 0 bridgehead atoms. The fourth-order valence-corrected chi connectivity index (χ4v) is 6.58. The molecule has 5 atom stereocenters. The highest BCUT2D eigenvalue weighted by Crippen LogP contribution is 2.38. The number of nitrogens with zero attached hydrogens (tertiary/aromatic N) is 1. The molecule has 2 aliphatic heterocycles. The predicted octanol–water partition coefficient (Wildman–Crippen LogP) is 4.20. The fraction of sp³-hybridized carbons (Fsp3) is 0.654. The van der Waals surface area contributed by atoms with Crippen LogP contribution in [0.3, 0.4) is 0 Å². The first-order valence-electron chi connectivity index (χ1n) is 12.0. The van der Waals surface area contributed by atoms with E-state index in [-0.39, 0.29) is 34.9 Å². The van der Waals surface area contributed by atoms with Crippen molar-refractivity contribution in [3.05, 3.63) is 43.0 Å². The number of rotatable bonds is 8. The molecule has 2 aliphatic rings. The summed E-state index contributed by atoms with van der Waals surface area (Å²) in [7, 11) is -1.96. The van der Waals surface area contributed by atoms with E-state index in [9.17, 15) is 13.2 Å². The van der Waals surface area contributed by atoms with Gasteiger partial charge in [-0.05, 0) is 53.2 Å². The Bertz CT molecular complexity index is 987. The molecule has 0 N–H and O–H groups in total. The molecule has 0 radical (unpaired) electrons. The molecule has 2 fully saturated rings. The monoisotopic (exact) mass is 509 g/mol. The van der Waals surface area contributed by atoms with Gasteiger partial charge in [-0.2, -0.15) is 0 Å². The van der Waals surface area contributed by atoms with Crippen LogP contribution in [0.2, 0.25) is 0 Å². The minimum absolute atomic E-state index is 0.0917. The number of methoxy groups -OCH3 is 1. The van der Waals surface area contributed by atoms with Crippen molar-refractivity contribution in [3.63, 3.8) is 0 Å². The van der Waals surface area contributed by atoms with E-state index in [0.717, 1.165) is 0 Å². The quantitative estimate of drug-likeness (QED) is 0.485. The summed E-state index contributed by atoms with van der Waals surface area (Å²) < 4.78 is 50.2. The maximum absolute atomic E-state index is 13.1. The number of ether oxygens (including phenoxy) is 4. The van der Waals surface area contributed by atoms with Gasteiger partial charge in [0.15, 0.2) is 9.84 Å². The summed E-state index contributed by atoms with van der Waals surface area (Å²) in [6.45, 7) is 13.3. The molecule has 0 aliphatic carbocycles. The molecule has 3 rings (SSSR count). The van der Waals surface area contributed by atoms with Crippen LogP contribution in [-0.2, 0) is 28.8 Å². The Morgan fingerprint density at radius 3 is 2.46 bits per heavy atom. The molecule has 9 heteroatoms. The Balaban J connectivity index is 1.75. The van der Waals surface area contributed by atoms with Gasteiger partial charge >= 0.3 is 6.09 Å². The molecular formula is C26H39NO7S. The molecule has 8 nitrogen and oxygen atoms in total. The lowest BCUT2D eigenvalue weighted by Crippen LogP contribution is -2.46. The van der Waals surface area contributed by atoms with Gasteiger partial charge in [0.25, 0.3) is 0 Å². The van der Waals surface area contributed by atoms with Crippen LogP contribution in [0.4, 0.5) is 4.79 Å². The van der Waals surface area contributed by atoms with E-state index in [1.807, 2.05) is 34.6 Å². The standard InChI is InChI=1S/C26H39NO7S/c1-8-12-21-20(17-35(29,30)19-13-10-9-11-14-19)23(31-7)22(32-21)15-18-16-27(26(5,6)33-18)24(28)34-25(2,3)4/h8-11,13-14,18,20-23H,1,12,15-17H2,2-7H3/t18-,20-,21-,22+,23+/m0/s1. The lowest BCUT2D eigenvalue weighted by atomic mass is 9.94. The first-order valence-corrected chi connectivity index (χ1v) is 13.7. The Labute approximate surface area is 209 Å². The van der Waals surface area contributed by atoms with Crippen molar-refractivity contribution in [2.45, 2.75) is 88.1 Å². The topological polar surface area (TPSA) is 91.4 Å². The highest BCUT2D eigenvalue weighted by molar-refractivity contribution is 7.91. The number of carbonyl (C=O) groups is 1. The van der Waals surface area contributed by atoms with E-state index in [2.05, 4.69) is 6.58 Å². The third-order valence-corrected chi connectivity index (χ3v) is 8.22. The lowest BCUT2D eigenvalue weighted by Gasteiger charge is -2.31. The van der Waals surface area contributed by atoms with Gasteiger partial charge in [0.05, 0.1) is 41.6 Å². The van der Waals surface area contributed by atoms with Crippen LogP contribution in [0, 0.1) is 5.92 Å². The molecular weight excluding hydrogens is 470 g/mol. The van der Waals surface area contributed by atoms with Crippen molar-refractivity contribution in [2.24, 2.45) is 5.92 Å². The zero-order chi connectivity index (χ0) is 26.0. The number of hydrogen-bond acceptors (Lipinski definition) is 7. The number of hydrogen-bond donors (Lipinski definition) is 0. The zero-order valence-corrected chi connectivity index (χ0v) is 22.4. The second-order valence-electron chi connectivity index (χ2n) is 10.7. The summed E-state index contributed by atoms with van der Waals surface area (Å²) in [5.41, 5.74) is -1.46. The normalized spacial score (nSPS) is 28.7. The number of sulfone groups is 1. The summed E-state index contributed by atoms with van der Waals surface area (Å²) in [6.07, 6.45) is 0.772. The average Bonchev–Trinajstić information content (AvgIpc) is 3.23. The predicted molar refractivity (Wildman–Crippen MR) is 133 cm³/mol. The van der Waals surface area contributed by atoms with Gasteiger partial charge in [-0.15, -0.1) is 6.58 Å². The fourth-order valence-electron chi connectivity index (χ4n) is 4.91. The molecule has 0 aromatic heterocycles. The first-order chi connectivity index (χ1) is 16.3. The second kappa shape index (κ2) is 10.6. The van der Waals surface area contributed by atoms with E-state index in [0.29, 0.717) is 19.4 Å². The SMILES string of the molecule is C=CC[C@@H]1O[C@H](C[C@H]2CN(C(=O)OC(C)(C)C)C(C)(C)O2)[C@H](OC)[C@H]1CS(=O)(=O)c1ccccc1. The van der Waals surface area contributed by atoms with E-state index in [4.69, 9.17) is 18.9 Å². The molecule has 1 aromatic carbocycles. The molecule has 196 valence electrons. The van der Waals surface area contributed by atoms with Crippen molar-refractivity contribution < 1.29 is 32.2 Å². The third kappa shape index (κ3) is 6.64. The Kier molecular flexibility index (Phi) is 8.36. The summed E-state index contributed by atoms with van der Waals surface area (Å²) in [4.78, 5) is 14.6. The number of amides is 1. The largest absolute Gasteiger partial charge is 0.444 e. The van der Waals surface area contributed by atoms with Crippen LogP contribution in [0.5, 0.6) is 0 Å². The van der Waals surface area contributed by atoms with Crippen LogP contribution in [0.25, 0.3) is 0 Å². The molecule has 0 saturated carbocycles. The summed E-state index contributed by atoms with van der Waals surface area (Å²) in [5, 5.41) is 0. The highest BCUT2D eigenvalue weighted by atomic mass is 32.2. The minimum Gasteiger partial charge on any atom is -0.444 e. The molecule has 0 spiro atoms. The van der Waals surface area contributed by atoms with Gasteiger partial charge in [0.1, 0.15) is 11.3 Å². The van der Waals surface area contributed by atoms with Gasteiger partial charge in [0, 0.05) is 19.4 Å². The van der Waals surface area contributed by atoms with Crippen LogP contribution in [-0.4, -0.2) is 74.6 Å². The molecule has 2 saturated heterocycles.